The van der Waals surface area contributed by atoms with Gasteiger partial charge in [-0.15, -0.1) is 0 Å². The first-order valence-corrected chi connectivity index (χ1v) is 10.6. The minimum atomic E-state index is 0.0788. The van der Waals surface area contributed by atoms with Crippen LogP contribution in [0.3, 0.4) is 0 Å². The molecule has 7 nitrogen and oxygen atoms in total. The smallest absolute Gasteiger partial charge is 0.230 e. The van der Waals surface area contributed by atoms with E-state index in [0.717, 1.165) is 33.6 Å². The lowest BCUT2D eigenvalue weighted by Crippen LogP contribution is -2.21. The van der Waals surface area contributed by atoms with Gasteiger partial charge < -0.3 is 4.74 Å². The number of ketones is 1. The Labute approximate surface area is 185 Å². The molecule has 0 saturated carbocycles. The van der Waals surface area contributed by atoms with Gasteiger partial charge in [0.2, 0.25) is 11.9 Å². The van der Waals surface area contributed by atoms with E-state index in [1.165, 1.54) is 5.56 Å². The molecule has 1 N–H and O–H groups in total. The van der Waals surface area contributed by atoms with Gasteiger partial charge >= 0.3 is 0 Å². The van der Waals surface area contributed by atoms with Gasteiger partial charge in [-0.2, -0.15) is 0 Å². The lowest BCUT2D eigenvalue weighted by atomic mass is 9.82. The zero-order valence-electron chi connectivity index (χ0n) is 18.2. The Morgan fingerprint density at radius 1 is 0.969 bits per heavy atom. The summed E-state index contributed by atoms with van der Waals surface area (Å²) in [5.41, 5.74) is 5.34. The van der Waals surface area contributed by atoms with Gasteiger partial charge in [0.25, 0.3) is 0 Å². The second-order valence-corrected chi connectivity index (χ2v) is 8.13. The molecule has 0 bridgehead atoms. The predicted molar refractivity (Wildman–Crippen MR) is 123 cm³/mol. The summed E-state index contributed by atoms with van der Waals surface area (Å²) in [5, 5.41) is 4.03. The molecule has 2 heterocycles. The zero-order valence-corrected chi connectivity index (χ0v) is 18.2. The number of nitrogens with zero attached hydrogens (tertiary/aromatic N) is 4. The number of carbonyl (C=O) groups is 1. The van der Waals surface area contributed by atoms with E-state index in [1.54, 1.807) is 13.3 Å². The van der Waals surface area contributed by atoms with Crippen LogP contribution in [0.2, 0.25) is 0 Å². The fourth-order valence-corrected chi connectivity index (χ4v) is 4.12. The molecule has 0 spiro atoms. The minimum absolute atomic E-state index is 0.0788. The lowest BCUT2D eigenvalue weighted by molar-refractivity contribution is 0.0962. The third kappa shape index (κ3) is 3.77. The molecule has 0 radical (unpaired) electrons. The molecule has 1 atom stereocenters. The maximum Gasteiger partial charge on any atom is 0.230 e. The van der Waals surface area contributed by atoms with Crippen molar-refractivity contribution in [1.29, 1.82) is 0 Å². The summed E-state index contributed by atoms with van der Waals surface area (Å²) in [5.74, 6) is 1.75. The van der Waals surface area contributed by atoms with Crippen molar-refractivity contribution in [2.75, 3.05) is 12.4 Å². The van der Waals surface area contributed by atoms with Crippen LogP contribution in [0.25, 0.3) is 10.9 Å². The van der Waals surface area contributed by atoms with Crippen molar-refractivity contribution in [3.8, 4) is 5.75 Å². The number of fused-ring (bicyclic) bond motifs is 2. The number of benzene rings is 2. The van der Waals surface area contributed by atoms with Crippen LogP contribution in [0, 0.1) is 13.8 Å². The third-order valence-corrected chi connectivity index (χ3v) is 5.91. The number of methoxy groups -OCH3 is 1. The fraction of sp³-hybridized carbons (Fsp3) is 0.240. The highest BCUT2D eigenvalue weighted by molar-refractivity contribution is 5.98. The number of hydrogen-bond donors (Lipinski definition) is 1. The van der Waals surface area contributed by atoms with Gasteiger partial charge in [0, 0.05) is 18.0 Å². The van der Waals surface area contributed by atoms with E-state index in [9.17, 15) is 4.79 Å². The summed E-state index contributed by atoms with van der Waals surface area (Å²) in [4.78, 5) is 30.8. The van der Waals surface area contributed by atoms with Gasteiger partial charge in [-0.05, 0) is 49.9 Å². The molecule has 160 valence electrons. The molecule has 2 aromatic carbocycles. The van der Waals surface area contributed by atoms with Crippen molar-refractivity contribution < 1.29 is 9.53 Å². The van der Waals surface area contributed by atoms with Crippen molar-refractivity contribution in [3.05, 3.63) is 76.7 Å². The van der Waals surface area contributed by atoms with Crippen LogP contribution >= 0.6 is 0 Å². The van der Waals surface area contributed by atoms with Crippen LogP contribution in [0.15, 0.2) is 48.7 Å². The molecule has 0 amide bonds. The summed E-state index contributed by atoms with van der Waals surface area (Å²) in [6, 6.07) is 14.0. The van der Waals surface area contributed by atoms with Crippen molar-refractivity contribution in [2.45, 2.75) is 32.6 Å². The van der Waals surface area contributed by atoms with Crippen molar-refractivity contribution in [2.24, 2.45) is 0 Å². The molecule has 0 saturated heterocycles. The normalized spacial score (nSPS) is 15.5. The maximum absolute atomic E-state index is 12.7. The van der Waals surface area contributed by atoms with Crippen LogP contribution in [-0.4, -0.2) is 32.8 Å². The maximum atomic E-state index is 12.7. The van der Waals surface area contributed by atoms with E-state index in [1.807, 2.05) is 25.1 Å². The largest absolute Gasteiger partial charge is 0.497 e. The number of aryl methyl sites for hydroxylation is 2. The number of hydrogen-bond acceptors (Lipinski definition) is 7. The topological polar surface area (TPSA) is 89.9 Å². The molecule has 5 rings (SSSR count). The summed E-state index contributed by atoms with van der Waals surface area (Å²) < 4.78 is 5.29. The summed E-state index contributed by atoms with van der Waals surface area (Å²) in [6.07, 6.45) is 2.78. The predicted octanol–water partition coefficient (Wildman–Crippen LogP) is 4.70. The molecule has 0 unspecified atom stereocenters. The number of aromatic nitrogens is 4. The molecule has 1 aliphatic carbocycles. The Hall–Kier alpha value is -3.87. The zero-order chi connectivity index (χ0) is 22.2. The molecule has 32 heavy (non-hydrogen) atoms. The SMILES string of the molecule is COc1ccc2nc(Nc3ncc4c(n3)C[C@@H](c3ccc(C)cc3)CC4=O)nc(C)c2c1. The molecule has 0 aliphatic heterocycles. The first-order chi connectivity index (χ1) is 15.5. The Bertz CT molecular complexity index is 1330. The molecule has 2 aromatic heterocycles. The number of rotatable bonds is 4. The first kappa shape index (κ1) is 20.1. The Morgan fingerprint density at radius 2 is 1.78 bits per heavy atom. The van der Waals surface area contributed by atoms with E-state index in [0.29, 0.717) is 30.3 Å². The molecule has 7 heteroatoms. The number of anilines is 2. The van der Waals surface area contributed by atoms with Gasteiger partial charge in [-0.3, -0.25) is 10.1 Å². The number of carbonyl (C=O) groups excluding carboxylic acids is 1. The van der Waals surface area contributed by atoms with Crippen molar-refractivity contribution in [3.63, 3.8) is 0 Å². The molecular formula is C25H23N5O2. The van der Waals surface area contributed by atoms with Crippen LogP contribution in [0.1, 0.15) is 45.2 Å². The third-order valence-electron chi connectivity index (χ3n) is 5.91. The highest BCUT2D eigenvalue weighted by atomic mass is 16.5. The molecule has 4 aromatic rings. The van der Waals surface area contributed by atoms with Crippen LogP contribution in [0.5, 0.6) is 5.75 Å². The van der Waals surface area contributed by atoms with E-state index >= 15 is 0 Å². The Morgan fingerprint density at radius 3 is 2.56 bits per heavy atom. The highest BCUT2D eigenvalue weighted by Crippen LogP contribution is 2.32. The molecular weight excluding hydrogens is 402 g/mol. The van der Waals surface area contributed by atoms with Gasteiger partial charge in [-0.25, -0.2) is 19.9 Å². The summed E-state index contributed by atoms with van der Waals surface area (Å²) in [7, 11) is 1.63. The van der Waals surface area contributed by atoms with E-state index in [4.69, 9.17) is 4.74 Å². The van der Waals surface area contributed by atoms with Crippen LogP contribution in [0.4, 0.5) is 11.9 Å². The second kappa shape index (κ2) is 8.00. The highest BCUT2D eigenvalue weighted by Gasteiger charge is 2.28. The number of nitrogens with one attached hydrogen (secondary N) is 1. The van der Waals surface area contributed by atoms with Crippen LogP contribution in [-0.2, 0) is 6.42 Å². The average molecular weight is 425 g/mol. The van der Waals surface area contributed by atoms with E-state index in [-0.39, 0.29) is 11.7 Å². The van der Waals surface area contributed by atoms with Gasteiger partial charge in [0.1, 0.15) is 5.75 Å². The monoisotopic (exact) mass is 425 g/mol. The van der Waals surface area contributed by atoms with Crippen molar-refractivity contribution >= 4 is 28.6 Å². The minimum Gasteiger partial charge on any atom is -0.497 e. The Balaban J connectivity index is 1.43. The van der Waals surface area contributed by atoms with Gasteiger partial charge in [0.05, 0.1) is 29.6 Å². The van der Waals surface area contributed by atoms with E-state index < -0.39 is 0 Å². The Kier molecular flexibility index (Phi) is 5.01. The standard InChI is InChI=1S/C25H23N5O2/c1-14-4-6-16(7-5-14)17-10-22-20(23(31)11-17)13-26-24(29-22)30-25-27-15(2)19-12-18(32-3)8-9-21(19)28-25/h4-9,12-13,17H,10-11H2,1-3H3,(H,26,27,28,29,30)/t17-/m1/s1. The second-order valence-electron chi connectivity index (χ2n) is 8.13. The van der Waals surface area contributed by atoms with Crippen molar-refractivity contribution in [1.82, 2.24) is 19.9 Å². The average Bonchev–Trinajstić information content (AvgIpc) is 2.79. The number of Topliss-reactive ketones (excluding diaryl/α,β-unsaturated/α-hetero) is 1. The van der Waals surface area contributed by atoms with Gasteiger partial charge in [0.15, 0.2) is 5.78 Å². The summed E-state index contributed by atoms with van der Waals surface area (Å²) in [6.45, 7) is 3.98. The lowest BCUT2D eigenvalue weighted by Gasteiger charge is -2.23. The fourth-order valence-electron chi connectivity index (χ4n) is 4.12. The van der Waals surface area contributed by atoms with E-state index in [2.05, 4.69) is 56.4 Å². The quantitative estimate of drug-likeness (QED) is 0.507. The molecule has 1 aliphatic rings. The van der Waals surface area contributed by atoms with Crippen LogP contribution < -0.4 is 10.1 Å². The summed E-state index contributed by atoms with van der Waals surface area (Å²) >= 11 is 0. The number of ether oxygens (including phenoxy) is 1. The van der Waals surface area contributed by atoms with Gasteiger partial charge in [-0.1, -0.05) is 29.8 Å². The molecule has 0 fully saturated rings. The first-order valence-electron chi connectivity index (χ1n) is 10.6.